The third-order valence-corrected chi connectivity index (χ3v) is 1.61. The van der Waals surface area contributed by atoms with E-state index in [1.807, 2.05) is 0 Å². The Balaban J connectivity index is 2.95. The normalized spacial score (nSPS) is 9.86. The molecule has 1 aromatic rings. The molecule has 0 aliphatic carbocycles. The van der Waals surface area contributed by atoms with Gasteiger partial charge in [0.15, 0.2) is 5.82 Å². The largest absolute Gasteiger partial charge is 0.383 e. The highest BCUT2D eigenvalue weighted by atomic mass is 16.5. The SMILES string of the molecule is CNC(=O)c1cnc(COC)nc1N. The minimum absolute atomic E-state index is 0.159. The van der Waals surface area contributed by atoms with Crippen LogP contribution in [0.2, 0.25) is 0 Å². The molecule has 76 valence electrons. The summed E-state index contributed by atoms with van der Waals surface area (Å²) < 4.78 is 4.83. The van der Waals surface area contributed by atoms with Gasteiger partial charge >= 0.3 is 0 Å². The number of hydrogen-bond acceptors (Lipinski definition) is 5. The van der Waals surface area contributed by atoms with E-state index in [0.29, 0.717) is 5.82 Å². The number of anilines is 1. The van der Waals surface area contributed by atoms with Crippen LogP contribution in [0.4, 0.5) is 5.82 Å². The van der Waals surface area contributed by atoms with E-state index in [9.17, 15) is 4.79 Å². The second-order valence-corrected chi connectivity index (χ2v) is 2.60. The van der Waals surface area contributed by atoms with Crippen molar-refractivity contribution in [3.63, 3.8) is 0 Å². The highest BCUT2D eigenvalue weighted by Crippen LogP contribution is 2.07. The molecular weight excluding hydrogens is 184 g/mol. The van der Waals surface area contributed by atoms with Crippen molar-refractivity contribution in [2.75, 3.05) is 19.9 Å². The van der Waals surface area contributed by atoms with Crippen LogP contribution < -0.4 is 11.1 Å². The first kappa shape index (κ1) is 10.4. The van der Waals surface area contributed by atoms with E-state index in [4.69, 9.17) is 10.5 Å². The molecule has 0 atom stereocenters. The predicted octanol–water partition coefficient (Wildman–Crippen LogP) is -0.435. The molecule has 0 unspecified atom stereocenters. The number of ether oxygens (including phenoxy) is 1. The van der Waals surface area contributed by atoms with E-state index in [0.717, 1.165) is 0 Å². The topological polar surface area (TPSA) is 90.1 Å². The minimum Gasteiger partial charge on any atom is -0.383 e. The predicted molar refractivity (Wildman–Crippen MR) is 50.5 cm³/mol. The molecule has 1 amide bonds. The first-order chi connectivity index (χ1) is 6.69. The standard InChI is InChI=1S/C8H12N4O2/c1-10-8(13)5-3-11-6(4-14-2)12-7(5)9/h3H,4H2,1-2H3,(H,10,13)(H2,9,11,12). The molecule has 3 N–H and O–H groups in total. The van der Waals surface area contributed by atoms with Gasteiger partial charge in [-0.15, -0.1) is 0 Å². The number of nitrogens with one attached hydrogen (secondary N) is 1. The third-order valence-electron chi connectivity index (χ3n) is 1.61. The molecule has 0 aliphatic heterocycles. The molecule has 0 saturated carbocycles. The summed E-state index contributed by atoms with van der Waals surface area (Å²) >= 11 is 0. The summed E-state index contributed by atoms with van der Waals surface area (Å²) in [4.78, 5) is 19.0. The third kappa shape index (κ3) is 2.17. The number of amides is 1. The maximum absolute atomic E-state index is 11.2. The van der Waals surface area contributed by atoms with Gasteiger partial charge in [-0.1, -0.05) is 0 Å². The molecule has 0 bridgehead atoms. The van der Waals surface area contributed by atoms with Crippen LogP contribution in [0.1, 0.15) is 16.2 Å². The van der Waals surface area contributed by atoms with Crippen LogP contribution in [0.3, 0.4) is 0 Å². The summed E-state index contributed by atoms with van der Waals surface area (Å²) in [7, 11) is 3.05. The lowest BCUT2D eigenvalue weighted by Crippen LogP contribution is -2.20. The van der Waals surface area contributed by atoms with Crippen molar-refractivity contribution in [1.29, 1.82) is 0 Å². The van der Waals surface area contributed by atoms with Crippen LogP contribution in [-0.4, -0.2) is 30.0 Å². The Morgan fingerprint density at radius 1 is 1.71 bits per heavy atom. The number of carbonyl (C=O) groups is 1. The van der Waals surface area contributed by atoms with Crippen molar-refractivity contribution >= 4 is 11.7 Å². The van der Waals surface area contributed by atoms with Gasteiger partial charge in [0, 0.05) is 20.4 Å². The molecule has 1 heterocycles. The van der Waals surface area contributed by atoms with Crippen molar-refractivity contribution in [1.82, 2.24) is 15.3 Å². The number of nitrogens with two attached hydrogens (primary N) is 1. The molecule has 0 radical (unpaired) electrons. The number of hydrogen-bond donors (Lipinski definition) is 2. The van der Waals surface area contributed by atoms with Crippen LogP contribution in [0.5, 0.6) is 0 Å². The number of nitrogen functional groups attached to an aromatic ring is 1. The minimum atomic E-state index is -0.300. The zero-order chi connectivity index (χ0) is 10.6. The van der Waals surface area contributed by atoms with Gasteiger partial charge in [-0.05, 0) is 0 Å². The van der Waals surface area contributed by atoms with Crippen molar-refractivity contribution in [2.45, 2.75) is 6.61 Å². The van der Waals surface area contributed by atoms with Crippen molar-refractivity contribution < 1.29 is 9.53 Å². The van der Waals surface area contributed by atoms with E-state index in [1.165, 1.54) is 20.4 Å². The van der Waals surface area contributed by atoms with E-state index in [1.54, 1.807) is 0 Å². The fourth-order valence-corrected chi connectivity index (χ4v) is 0.942. The summed E-state index contributed by atoms with van der Waals surface area (Å²) in [6.07, 6.45) is 1.38. The summed E-state index contributed by atoms with van der Waals surface area (Å²) in [5, 5.41) is 2.44. The van der Waals surface area contributed by atoms with Crippen molar-refractivity contribution in [2.24, 2.45) is 0 Å². The fourth-order valence-electron chi connectivity index (χ4n) is 0.942. The molecule has 6 nitrogen and oxygen atoms in total. The van der Waals surface area contributed by atoms with E-state index >= 15 is 0 Å². The molecule has 0 aromatic carbocycles. The summed E-state index contributed by atoms with van der Waals surface area (Å²) in [6, 6.07) is 0. The number of rotatable bonds is 3. The van der Waals surface area contributed by atoms with Crippen LogP contribution in [-0.2, 0) is 11.3 Å². The highest BCUT2D eigenvalue weighted by Gasteiger charge is 2.10. The van der Waals surface area contributed by atoms with Crippen LogP contribution in [0.15, 0.2) is 6.20 Å². The maximum atomic E-state index is 11.2. The van der Waals surface area contributed by atoms with Crippen molar-refractivity contribution in [3.8, 4) is 0 Å². The second kappa shape index (κ2) is 4.52. The Hall–Kier alpha value is -1.69. The zero-order valence-electron chi connectivity index (χ0n) is 8.07. The van der Waals surface area contributed by atoms with Gasteiger partial charge in [-0.3, -0.25) is 4.79 Å². The molecule has 14 heavy (non-hydrogen) atoms. The zero-order valence-corrected chi connectivity index (χ0v) is 8.07. The van der Waals surface area contributed by atoms with Gasteiger partial charge in [-0.2, -0.15) is 0 Å². The van der Waals surface area contributed by atoms with E-state index in [-0.39, 0.29) is 23.9 Å². The summed E-state index contributed by atoms with van der Waals surface area (Å²) in [5.74, 6) is 0.315. The lowest BCUT2D eigenvalue weighted by molar-refractivity contribution is 0.0963. The van der Waals surface area contributed by atoms with Gasteiger partial charge < -0.3 is 15.8 Å². The van der Waals surface area contributed by atoms with E-state index < -0.39 is 0 Å². The molecule has 0 spiro atoms. The first-order valence-electron chi connectivity index (χ1n) is 4.01. The first-order valence-corrected chi connectivity index (χ1v) is 4.01. The Labute approximate surface area is 81.5 Å². The molecule has 0 saturated heterocycles. The quantitative estimate of drug-likeness (QED) is 0.684. The molecule has 1 aromatic heterocycles. The average Bonchev–Trinajstić information content (AvgIpc) is 2.17. The lowest BCUT2D eigenvalue weighted by atomic mass is 10.3. The van der Waals surface area contributed by atoms with Crippen LogP contribution >= 0.6 is 0 Å². The Morgan fingerprint density at radius 2 is 2.43 bits per heavy atom. The second-order valence-electron chi connectivity index (χ2n) is 2.60. The van der Waals surface area contributed by atoms with E-state index in [2.05, 4.69) is 15.3 Å². The molecule has 0 fully saturated rings. The average molecular weight is 196 g/mol. The van der Waals surface area contributed by atoms with Gasteiger partial charge in [-0.25, -0.2) is 9.97 Å². The highest BCUT2D eigenvalue weighted by molar-refractivity contribution is 5.97. The Kier molecular flexibility index (Phi) is 3.35. The Morgan fingerprint density at radius 3 is 2.93 bits per heavy atom. The summed E-state index contributed by atoms with van der Waals surface area (Å²) in [5.41, 5.74) is 5.83. The maximum Gasteiger partial charge on any atom is 0.256 e. The van der Waals surface area contributed by atoms with Gasteiger partial charge in [0.2, 0.25) is 0 Å². The van der Waals surface area contributed by atoms with Gasteiger partial charge in [0.1, 0.15) is 12.4 Å². The molecule has 0 aliphatic rings. The monoisotopic (exact) mass is 196 g/mol. The molecule has 6 heteroatoms. The number of methoxy groups -OCH3 is 1. The molecular formula is C8H12N4O2. The Bertz CT molecular complexity index is 340. The number of nitrogens with zero attached hydrogens (tertiary/aromatic N) is 2. The van der Waals surface area contributed by atoms with Crippen LogP contribution in [0.25, 0.3) is 0 Å². The number of aromatic nitrogens is 2. The number of carbonyl (C=O) groups excluding carboxylic acids is 1. The molecule has 1 rings (SSSR count). The van der Waals surface area contributed by atoms with Gasteiger partial charge in [0.25, 0.3) is 5.91 Å². The fraction of sp³-hybridized carbons (Fsp3) is 0.375. The lowest BCUT2D eigenvalue weighted by Gasteiger charge is -2.04. The van der Waals surface area contributed by atoms with Crippen molar-refractivity contribution in [3.05, 3.63) is 17.6 Å². The van der Waals surface area contributed by atoms with Crippen LogP contribution in [0, 0.1) is 0 Å². The van der Waals surface area contributed by atoms with Gasteiger partial charge in [0.05, 0.1) is 5.56 Å². The summed E-state index contributed by atoms with van der Waals surface area (Å²) in [6.45, 7) is 0.276. The smallest absolute Gasteiger partial charge is 0.256 e.